The third-order valence-electron chi connectivity index (χ3n) is 3.84. The molecule has 3 nitrogen and oxygen atoms in total. The summed E-state index contributed by atoms with van der Waals surface area (Å²) in [5.41, 5.74) is 8.24. The van der Waals surface area contributed by atoms with Crippen molar-refractivity contribution >= 4 is 5.91 Å². The monoisotopic (exact) mass is 246 g/mol. The Hall–Kier alpha value is -1.35. The molecule has 0 aromatic heterocycles. The zero-order valence-electron chi connectivity index (χ0n) is 11.1. The number of benzene rings is 1. The minimum atomic E-state index is 0.256. The molecule has 3 heteroatoms. The lowest BCUT2D eigenvalue weighted by atomic mass is 10.0. The van der Waals surface area contributed by atoms with Gasteiger partial charge in [0, 0.05) is 25.6 Å². The van der Waals surface area contributed by atoms with Gasteiger partial charge in [-0.25, -0.2) is 0 Å². The average molecular weight is 246 g/mol. The van der Waals surface area contributed by atoms with Crippen molar-refractivity contribution in [2.75, 3.05) is 13.1 Å². The zero-order valence-corrected chi connectivity index (χ0v) is 11.1. The Morgan fingerprint density at radius 2 is 2.22 bits per heavy atom. The first kappa shape index (κ1) is 13.1. The summed E-state index contributed by atoms with van der Waals surface area (Å²) < 4.78 is 0. The minimum absolute atomic E-state index is 0.256. The van der Waals surface area contributed by atoms with Crippen molar-refractivity contribution in [3.05, 3.63) is 35.4 Å². The molecule has 1 fully saturated rings. The van der Waals surface area contributed by atoms with Gasteiger partial charge in [-0.1, -0.05) is 24.3 Å². The second kappa shape index (κ2) is 6.01. The standard InChI is InChI=1S/C15H22N2O/c1-12-5-2-3-6-13(12)8-9-15(18)17-10-4-7-14(17)11-16/h2-3,5-6,14H,4,7-11,16H2,1H3. The second-order valence-electron chi connectivity index (χ2n) is 5.05. The van der Waals surface area contributed by atoms with E-state index in [1.54, 1.807) is 0 Å². The van der Waals surface area contributed by atoms with Gasteiger partial charge >= 0.3 is 0 Å². The molecule has 1 saturated heterocycles. The molecule has 18 heavy (non-hydrogen) atoms. The molecule has 0 spiro atoms. The van der Waals surface area contributed by atoms with Crippen LogP contribution < -0.4 is 5.73 Å². The fourth-order valence-electron chi connectivity index (χ4n) is 2.68. The number of nitrogens with zero attached hydrogens (tertiary/aromatic N) is 1. The van der Waals surface area contributed by atoms with Crippen LogP contribution in [0.3, 0.4) is 0 Å². The largest absolute Gasteiger partial charge is 0.338 e. The fourth-order valence-corrected chi connectivity index (χ4v) is 2.68. The highest BCUT2D eigenvalue weighted by molar-refractivity contribution is 5.77. The highest BCUT2D eigenvalue weighted by Crippen LogP contribution is 2.18. The number of carbonyl (C=O) groups is 1. The third kappa shape index (κ3) is 2.91. The first-order chi connectivity index (χ1) is 8.72. The van der Waals surface area contributed by atoms with E-state index in [4.69, 9.17) is 5.73 Å². The Bertz CT molecular complexity index is 417. The molecule has 1 amide bonds. The van der Waals surface area contributed by atoms with Gasteiger partial charge in [0.2, 0.25) is 5.91 Å². The van der Waals surface area contributed by atoms with Gasteiger partial charge in [-0.15, -0.1) is 0 Å². The van der Waals surface area contributed by atoms with Crippen molar-refractivity contribution < 1.29 is 4.79 Å². The summed E-state index contributed by atoms with van der Waals surface area (Å²) in [6, 6.07) is 8.54. The summed E-state index contributed by atoms with van der Waals surface area (Å²) in [5, 5.41) is 0. The Morgan fingerprint density at radius 1 is 1.44 bits per heavy atom. The number of carbonyl (C=O) groups excluding carboxylic acids is 1. The summed E-state index contributed by atoms with van der Waals surface area (Å²) >= 11 is 0. The molecule has 1 aliphatic heterocycles. The van der Waals surface area contributed by atoms with Crippen LogP contribution in [-0.4, -0.2) is 29.9 Å². The number of hydrogen-bond acceptors (Lipinski definition) is 2. The Morgan fingerprint density at radius 3 is 2.94 bits per heavy atom. The zero-order chi connectivity index (χ0) is 13.0. The number of hydrogen-bond donors (Lipinski definition) is 1. The van der Waals surface area contributed by atoms with E-state index >= 15 is 0 Å². The maximum atomic E-state index is 12.2. The maximum Gasteiger partial charge on any atom is 0.223 e. The molecular formula is C15H22N2O. The molecule has 2 N–H and O–H groups in total. The molecular weight excluding hydrogens is 224 g/mol. The van der Waals surface area contributed by atoms with E-state index in [1.165, 1.54) is 11.1 Å². The van der Waals surface area contributed by atoms with Crippen LogP contribution in [0, 0.1) is 6.92 Å². The average Bonchev–Trinajstić information content (AvgIpc) is 2.86. The van der Waals surface area contributed by atoms with Gasteiger partial charge in [0.05, 0.1) is 0 Å². The van der Waals surface area contributed by atoms with Crippen LogP contribution in [0.2, 0.25) is 0 Å². The molecule has 0 radical (unpaired) electrons. The molecule has 1 atom stereocenters. The highest BCUT2D eigenvalue weighted by atomic mass is 16.2. The topological polar surface area (TPSA) is 46.3 Å². The quantitative estimate of drug-likeness (QED) is 0.881. The lowest BCUT2D eigenvalue weighted by Gasteiger charge is -2.23. The van der Waals surface area contributed by atoms with Gasteiger partial charge in [0.15, 0.2) is 0 Å². The van der Waals surface area contributed by atoms with Crippen molar-refractivity contribution in [1.29, 1.82) is 0 Å². The normalized spacial score (nSPS) is 19.2. The van der Waals surface area contributed by atoms with Gasteiger partial charge in [-0.3, -0.25) is 4.79 Å². The van der Waals surface area contributed by atoms with Crippen LogP contribution in [0.1, 0.15) is 30.4 Å². The maximum absolute atomic E-state index is 12.2. The predicted molar refractivity (Wildman–Crippen MR) is 73.3 cm³/mol. The lowest BCUT2D eigenvalue weighted by molar-refractivity contribution is -0.131. The van der Waals surface area contributed by atoms with E-state index < -0.39 is 0 Å². The van der Waals surface area contributed by atoms with Crippen LogP contribution in [0.4, 0.5) is 0 Å². The summed E-state index contributed by atoms with van der Waals surface area (Å²) in [7, 11) is 0. The van der Waals surface area contributed by atoms with E-state index in [2.05, 4.69) is 19.1 Å². The van der Waals surface area contributed by atoms with Crippen LogP contribution in [-0.2, 0) is 11.2 Å². The van der Waals surface area contributed by atoms with Gasteiger partial charge in [-0.2, -0.15) is 0 Å². The number of likely N-dealkylation sites (tertiary alicyclic amines) is 1. The summed E-state index contributed by atoms with van der Waals surface area (Å²) in [4.78, 5) is 14.1. The molecule has 0 saturated carbocycles. The number of rotatable bonds is 4. The first-order valence-electron chi connectivity index (χ1n) is 6.76. The van der Waals surface area contributed by atoms with Crippen molar-refractivity contribution in [2.45, 2.75) is 38.6 Å². The Balaban J connectivity index is 1.90. The van der Waals surface area contributed by atoms with Crippen LogP contribution in [0.25, 0.3) is 0 Å². The van der Waals surface area contributed by atoms with Crippen LogP contribution >= 0.6 is 0 Å². The number of amides is 1. The summed E-state index contributed by atoms with van der Waals surface area (Å²) in [6.45, 7) is 3.57. The molecule has 1 unspecified atom stereocenters. The van der Waals surface area contributed by atoms with Gasteiger partial charge in [0.1, 0.15) is 0 Å². The highest BCUT2D eigenvalue weighted by Gasteiger charge is 2.26. The third-order valence-corrected chi connectivity index (χ3v) is 3.84. The summed E-state index contributed by atoms with van der Waals surface area (Å²) in [6.07, 6.45) is 3.59. The molecule has 1 aliphatic rings. The number of aryl methyl sites for hydroxylation is 2. The van der Waals surface area contributed by atoms with E-state index in [9.17, 15) is 4.79 Å². The fraction of sp³-hybridized carbons (Fsp3) is 0.533. The SMILES string of the molecule is Cc1ccccc1CCC(=O)N1CCCC1CN. The lowest BCUT2D eigenvalue weighted by Crippen LogP contribution is -2.40. The van der Waals surface area contributed by atoms with E-state index in [0.29, 0.717) is 13.0 Å². The molecule has 1 aromatic rings. The van der Waals surface area contributed by atoms with Crippen molar-refractivity contribution in [1.82, 2.24) is 4.90 Å². The van der Waals surface area contributed by atoms with Gasteiger partial charge in [0.25, 0.3) is 0 Å². The van der Waals surface area contributed by atoms with Crippen molar-refractivity contribution in [3.63, 3.8) is 0 Å². The van der Waals surface area contributed by atoms with Crippen LogP contribution in [0.15, 0.2) is 24.3 Å². The molecule has 2 rings (SSSR count). The molecule has 98 valence electrons. The minimum Gasteiger partial charge on any atom is -0.338 e. The van der Waals surface area contributed by atoms with E-state index in [-0.39, 0.29) is 11.9 Å². The second-order valence-corrected chi connectivity index (χ2v) is 5.05. The van der Waals surface area contributed by atoms with Crippen LogP contribution in [0.5, 0.6) is 0 Å². The van der Waals surface area contributed by atoms with Gasteiger partial charge < -0.3 is 10.6 Å². The van der Waals surface area contributed by atoms with E-state index in [1.807, 2.05) is 17.0 Å². The Kier molecular flexibility index (Phi) is 4.37. The van der Waals surface area contributed by atoms with Crippen molar-refractivity contribution in [3.8, 4) is 0 Å². The molecule has 1 aromatic carbocycles. The molecule has 0 bridgehead atoms. The van der Waals surface area contributed by atoms with Gasteiger partial charge in [-0.05, 0) is 37.3 Å². The predicted octanol–water partition coefficient (Wildman–Crippen LogP) is 1.88. The number of nitrogens with two attached hydrogens (primary N) is 1. The first-order valence-corrected chi connectivity index (χ1v) is 6.76. The van der Waals surface area contributed by atoms with E-state index in [0.717, 1.165) is 25.8 Å². The smallest absolute Gasteiger partial charge is 0.223 e. The Labute approximate surface area is 109 Å². The summed E-state index contributed by atoms with van der Waals surface area (Å²) in [5.74, 6) is 0.256. The molecule has 0 aliphatic carbocycles. The molecule has 1 heterocycles. The van der Waals surface area contributed by atoms with Crippen molar-refractivity contribution in [2.24, 2.45) is 5.73 Å².